The summed E-state index contributed by atoms with van der Waals surface area (Å²) in [6, 6.07) is 12.9. The minimum Gasteiger partial charge on any atom is -0.508 e. The van der Waals surface area contributed by atoms with Crippen LogP contribution in [0.5, 0.6) is 5.75 Å². The summed E-state index contributed by atoms with van der Waals surface area (Å²) in [5.74, 6) is -7.84. The summed E-state index contributed by atoms with van der Waals surface area (Å²) in [6.07, 6.45) is -0.724. The Hall–Kier alpha value is -9.68. The van der Waals surface area contributed by atoms with E-state index in [2.05, 4.69) is 31.2 Å². The molecule has 28 nitrogen and oxygen atoms in total. The molecule has 3 aliphatic rings. The van der Waals surface area contributed by atoms with Gasteiger partial charge in [0, 0.05) is 75.2 Å². The number of pyridine rings is 1. The first-order chi connectivity index (χ1) is 48.5. The lowest BCUT2D eigenvalue weighted by atomic mass is 9.85. The van der Waals surface area contributed by atoms with Gasteiger partial charge in [-0.05, 0) is 80.8 Å². The van der Waals surface area contributed by atoms with Gasteiger partial charge in [-0.25, -0.2) is 34.9 Å². The van der Waals surface area contributed by atoms with Crippen LogP contribution in [-0.2, 0) is 30.4 Å². The number of aliphatic hydroxyl groups excluding tert-OH is 2. The molecule has 0 unspecified atom stereocenters. The van der Waals surface area contributed by atoms with Crippen LogP contribution in [0.15, 0.2) is 93.6 Å². The number of benzene rings is 2. The Morgan fingerprint density at radius 3 is 2.06 bits per heavy atom. The number of fused-ring (bicyclic) bond motifs is 16. The first-order valence-corrected chi connectivity index (χ1v) is 37.2. The van der Waals surface area contributed by atoms with E-state index in [1.807, 2.05) is 0 Å². The number of carbonyl (C=O) groups excluding carboxylic acids is 7. The smallest absolute Gasteiger partial charge is 0.306 e. The van der Waals surface area contributed by atoms with Crippen LogP contribution in [-0.4, -0.2) is 161 Å². The van der Waals surface area contributed by atoms with Gasteiger partial charge >= 0.3 is 11.9 Å². The van der Waals surface area contributed by atoms with Gasteiger partial charge in [0.2, 0.25) is 17.7 Å². The van der Waals surface area contributed by atoms with E-state index in [0.29, 0.717) is 97.2 Å². The average molecular weight is 1480 g/mol. The minimum atomic E-state index is -1.46. The van der Waals surface area contributed by atoms with Crippen molar-refractivity contribution in [2.24, 2.45) is 17.6 Å². The summed E-state index contributed by atoms with van der Waals surface area (Å²) in [4.78, 5) is 160. The number of amides is 7. The second kappa shape index (κ2) is 31.1. The number of primary amides is 1. The van der Waals surface area contributed by atoms with Gasteiger partial charge in [0.15, 0.2) is 0 Å². The Kier molecular flexibility index (Phi) is 21.9. The number of aromatic nitrogens is 7. The molecule has 0 radical (unpaired) electrons. The molecule has 10 bridgehead atoms. The molecule has 2 aromatic carbocycles. The summed E-state index contributed by atoms with van der Waals surface area (Å²) >= 11 is 6.68. The monoisotopic (exact) mass is 1480 g/mol. The van der Waals surface area contributed by atoms with Crippen LogP contribution in [0.4, 0.5) is 0 Å². The number of phenolic OH excluding ortho intramolecular Hbond substituents is 1. The molecule has 1 saturated heterocycles. The molecule has 524 valence electrons. The van der Waals surface area contributed by atoms with Crippen molar-refractivity contribution in [3.05, 3.63) is 147 Å². The van der Waals surface area contributed by atoms with E-state index in [1.54, 1.807) is 89.5 Å². The number of rotatable bonds is 15. The first-order valence-electron chi connectivity index (χ1n) is 32.0. The number of nitrogens with two attached hydrogens (primary N) is 1. The number of nitrogens with one attached hydrogen (secondary N) is 4. The molecular formula is C67H66N14O14S6. The number of carboxylic acids is 2. The zero-order valence-electron chi connectivity index (χ0n) is 53.9. The van der Waals surface area contributed by atoms with E-state index < -0.39 is 114 Å². The van der Waals surface area contributed by atoms with Crippen molar-refractivity contribution in [1.82, 2.24) is 66.0 Å². The van der Waals surface area contributed by atoms with E-state index in [4.69, 9.17) is 30.7 Å². The minimum absolute atomic E-state index is 0.0424. The van der Waals surface area contributed by atoms with Crippen LogP contribution in [0.2, 0.25) is 0 Å². The zero-order valence-corrected chi connectivity index (χ0v) is 58.8. The number of thiazole rings is 6. The van der Waals surface area contributed by atoms with Crippen LogP contribution in [0.25, 0.3) is 43.4 Å². The number of aromatic hydroxyl groups is 1. The Morgan fingerprint density at radius 2 is 1.33 bits per heavy atom. The third-order valence-corrected chi connectivity index (χ3v) is 23.2. The maximum absolute atomic E-state index is 14.6. The van der Waals surface area contributed by atoms with Gasteiger partial charge < -0.3 is 62.3 Å². The van der Waals surface area contributed by atoms with Crippen LogP contribution in [0.3, 0.4) is 0 Å². The average Bonchev–Trinajstić information content (AvgIpc) is 1.66. The predicted molar refractivity (Wildman–Crippen MR) is 375 cm³/mol. The van der Waals surface area contributed by atoms with Crippen LogP contribution in [0.1, 0.15) is 156 Å². The number of nitrogens with zero attached hydrogens (tertiary/aromatic N) is 9. The van der Waals surface area contributed by atoms with Crippen molar-refractivity contribution in [2.75, 3.05) is 19.6 Å². The molecular weight excluding hydrogens is 1420 g/mol. The van der Waals surface area contributed by atoms with Crippen molar-refractivity contribution >= 4 is 121 Å². The van der Waals surface area contributed by atoms with E-state index in [1.165, 1.54) is 50.5 Å². The second-order valence-electron chi connectivity index (χ2n) is 24.5. The predicted octanol–water partition coefficient (Wildman–Crippen LogP) is 7.75. The lowest BCUT2D eigenvalue weighted by molar-refractivity contribution is -0.143. The molecule has 0 spiro atoms. The number of carbonyl (C=O) groups is 9. The number of unbranched alkanes of at least 4 members (excludes halogenated alkanes) is 1. The lowest BCUT2D eigenvalue weighted by Gasteiger charge is -2.35. The standard InChI is InChI=1S/C67H66N14O14S6/c1-31-47(83)25-81-49(85)24-69-56(89)40(22-33-11-17-37(82)18-12-33)71-57(90)44-28-99-64(75-44)53(55(88)34-8-4-3-5-9-34)78-59(92)51-32(2)101-63(79-51)41(23-48(68)84)72-58(91)43-27-96-60(74-43)38-19-20-39(70-52(38)42-26-97-62(73-42)45-29-100-65(76-45)54(31)81)61-77-46(30-98-61)66(93)80(21-7-6-10-50(86)87)36-15-13-35(14-16-36)67(94)95/h3-5,8-9,11-12,17-20,26-31,35-36,40-41,47,53-55,82-83,88H,6-7,10,13-16,21-25H2,1-2H3,(H2,68,84)(H,69,89)(H,71,90)(H,72,91)(H,78,92)(H,86,87)(H,94,95)/t31-,35?,36?,40-,41-,47-,53-,54-,55+/m0/s1. The number of aliphatic hydroxyl groups is 2. The second-order valence-corrected chi connectivity index (χ2v) is 30.1. The number of hydrogen-bond donors (Lipinski definition) is 10. The van der Waals surface area contributed by atoms with Gasteiger partial charge in [-0.1, -0.05) is 49.4 Å². The van der Waals surface area contributed by atoms with Crippen molar-refractivity contribution in [1.29, 1.82) is 0 Å². The summed E-state index contributed by atoms with van der Waals surface area (Å²) < 4.78 is 0. The SMILES string of the molecule is Cc1sc2nc1C(=O)N[C@@H]([C@H](O)c1ccccc1)c1nc(cs1)C(=O)N[C@@H](Cc1ccc(O)cc1)C(=O)NCC(=O)N1C[C@H](O)[C@H](C)[C@H]1c1nc(cs1)-c1nc(cs1)-c1nc(-c3nc(C(=O)N(CCCCC(=O)O)C4CCC(C(=O)O)CC4)cs3)ccc1-c1nc(cs1)C(=O)N[C@H]2CC(N)=O. The Bertz CT molecular complexity index is 4600. The highest BCUT2D eigenvalue weighted by Crippen LogP contribution is 2.43. The maximum Gasteiger partial charge on any atom is 0.306 e. The van der Waals surface area contributed by atoms with E-state index in [0.717, 1.165) is 45.3 Å². The third-order valence-electron chi connectivity index (χ3n) is 17.7. The molecule has 7 amide bonds. The van der Waals surface area contributed by atoms with Crippen LogP contribution >= 0.6 is 68.0 Å². The third kappa shape index (κ3) is 16.2. The topological polar surface area (TPSA) is 426 Å². The first kappa shape index (κ1) is 71.2. The summed E-state index contributed by atoms with van der Waals surface area (Å²) in [5.41, 5.74) is 8.23. The highest BCUT2D eigenvalue weighted by molar-refractivity contribution is 7.15. The van der Waals surface area contributed by atoms with Gasteiger partial charge in [0.25, 0.3) is 23.6 Å². The van der Waals surface area contributed by atoms with Crippen molar-refractivity contribution in [3.8, 4) is 49.1 Å². The Balaban J connectivity index is 0.907. The van der Waals surface area contributed by atoms with Crippen LogP contribution < -0.4 is 27.0 Å². The number of aliphatic carboxylic acids is 2. The molecule has 34 heteroatoms. The number of hydrogen-bond acceptors (Lipinski definition) is 25. The summed E-state index contributed by atoms with van der Waals surface area (Å²) in [6.45, 7) is 2.97. The summed E-state index contributed by atoms with van der Waals surface area (Å²) in [5, 5.41) is 73.4. The van der Waals surface area contributed by atoms with E-state index >= 15 is 0 Å². The molecule has 7 aromatic heterocycles. The van der Waals surface area contributed by atoms with E-state index in [9.17, 15) is 68.7 Å². The Labute approximate surface area is 599 Å². The van der Waals surface area contributed by atoms with Gasteiger partial charge in [0.05, 0.1) is 42.8 Å². The Morgan fingerprint density at radius 1 is 0.673 bits per heavy atom. The molecule has 101 heavy (non-hydrogen) atoms. The van der Waals surface area contributed by atoms with Gasteiger partial charge in [-0.3, -0.25) is 43.2 Å². The molecule has 9 heterocycles. The maximum atomic E-state index is 14.6. The van der Waals surface area contributed by atoms with Gasteiger partial charge in [0.1, 0.15) is 93.8 Å². The highest BCUT2D eigenvalue weighted by atomic mass is 32.1. The fourth-order valence-corrected chi connectivity index (χ4v) is 17.6. The lowest BCUT2D eigenvalue weighted by Crippen LogP contribution is -2.50. The molecule has 2 fully saturated rings. The molecule has 9 aromatic rings. The quantitative estimate of drug-likeness (QED) is 0.0438. The van der Waals surface area contributed by atoms with Crippen molar-refractivity contribution in [3.63, 3.8) is 0 Å². The van der Waals surface area contributed by atoms with Gasteiger partial charge in [-0.15, -0.1) is 68.0 Å². The summed E-state index contributed by atoms with van der Waals surface area (Å²) in [7, 11) is 0. The van der Waals surface area contributed by atoms with Crippen molar-refractivity contribution < 1.29 is 68.7 Å². The molecule has 1 saturated carbocycles. The zero-order chi connectivity index (χ0) is 71.3. The molecule has 2 aliphatic heterocycles. The number of aryl methyl sites for hydroxylation is 1. The number of carboxylic acid groups (broad SMARTS) is 2. The fraction of sp³-hybridized carbons (Fsp3) is 0.343. The largest absolute Gasteiger partial charge is 0.508 e. The fourth-order valence-electron chi connectivity index (χ4n) is 12.3. The number of phenols is 1. The molecule has 1 aliphatic carbocycles. The van der Waals surface area contributed by atoms with Crippen molar-refractivity contribution in [2.45, 2.75) is 114 Å². The van der Waals surface area contributed by atoms with E-state index in [-0.39, 0.29) is 76.2 Å². The van der Waals surface area contributed by atoms with Crippen LogP contribution in [0, 0.1) is 18.8 Å². The molecule has 12 rings (SSSR count). The van der Waals surface area contributed by atoms with Gasteiger partial charge in [-0.2, -0.15) is 0 Å². The highest BCUT2D eigenvalue weighted by Gasteiger charge is 2.44. The molecule has 7 atom stereocenters. The molecule has 11 N–H and O–H groups in total. The normalized spacial score (nSPS) is 21.0.